The first-order chi connectivity index (χ1) is 9.85. The molecule has 1 aliphatic heterocycles. The highest BCUT2D eigenvalue weighted by Gasteiger charge is 2.40. The Morgan fingerprint density at radius 3 is 2.75 bits per heavy atom. The Morgan fingerprint density at radius 2 is 2.05 bits per heavy atom. The predicted molar refractivity (Wildman–Crippen MR) is 81.4 cm³/mol. The van der Waals surface area contributed by atoms with Gasteiger partial charge in [-0.25, -0.2) is 0 Å². The van der Waals surface area contributed by atoms with E-state index in [1.165, 1.54) is 43.4 Å². The largest absolute Gasteiger partial charge is 0.380 e. The first-order valence-electron chi connectivity index (χ1n) is 7.87. The van der Waals surface area contributed by atoms with Crippen molar-refractivity contribution >= 4 is 0 Å². The minimum Gasteiger partial charge on any atom is -0.380 e. The lowest BCUT2D eigenvalue weighted by Crippen LogP contribution is -2.43. The Hall–Kier alpha value is -0.900. The number of methoxy groups -OCH3 is 1. The maximum atomic E-state index is 6.08. The molecule has 0 bridgehead atoms. The zero-order valence-electron chi connectivity index (χ0n) is 12.4. The summed E-state index contributed by atoms with van der Waals surface area (Å²) in [5.41, 5.74) is 8.85. The van der Waals surface area contributed by atoms with Gasteiger partial charge in [0.05, 0.1) is 6.61 Å². The van der Waals surface area contributed by atoms with E-state index in [4.69, 9.17) is 10.5 Å². The van der Waals surface area contributed by atoms with Crippen LogP contribution in [-0.4, -0.2) is 31.1 Å². The van der Waals surface area contributed by atoms with Gasteiger partial charge < -0.3 is 10.5 Å². The van der Waals surface area contributed by atoms with E-state index in [9.17, 15) is 0 Å². The third-order valence-corrected chi connectivity index (χ3v) is 4.79. The molecule has 2 unspecified atom stereocenters. The van der Waals surface area contributed by atoms with Crippen molar-refractivity contribution in [3.05, 3.63) is 35.4 Å². The standard InChI is InChI=1S/C17H26N2O/c1-20-12-14-5-2-3-7-16(14)17-13(11-18)6-4-10-19(17)15-8-9-15/h2-3,5,7,13,15,17H,4,6,8-12,18H2,1H3. The number of piperidine rings is 1. The van der Waals surface area contributed by atoms with Crippen LogP contribution in [0, 0.1) is 5.92 Å². The van der Waals surface area contributed by atoms with E-state index in [1.54, 1.807) is 7.11 Å². The van der Waals surface area contributed by atoms with Crippen LogP contribution >= 0.6 is 0 Å². The first-order valence-corrected chi connectivity index (χ1v) is 7.87. The van der Waals surface area contributed by atoms with Gasteiger partial charge in [-0.2, -0.15) is 0 Å². The van der Waals surface area contributed by atoms with Gasteiger partial charge in [0.15, 0.2) is 0 Å². The van der Waals surface area contributed by atoms with Crippen molar-refractivity contribution in [3.63, 3.8) is 0 Å². The molecule has 0 aromatic heterocycles. The van der Waals surface area contributed by atoms with Crippen LogP contribution in [0.2, 0.25) is 0 Å². The van der Waals surface area contributed by atoms with Crippen molar-refractivity contribution in [2.45, 2.75) is 44.4 Å². The van der Waals surface area contributed by atoms with E-state index >= 15 is 0 Å². The van der Waals surface area contributed by atoms with Crippen molar-refractivity contribution in [2.75, 3.05) is 20.2 Å². The third-order valence-electron chi connectivity index (χ3n) is 4.79. The summed E-state index contributed by atoms with van der Waals surface area (Å²) in [6.07, 6.45) is 5.27. The second kappa shape index (κ2) is 6.25. The average molecular weight is 274 g/mol. The normalized spacial score (nSPS) is 27.7. The van der Waals surface area contributed by atoms with Crippen LogP contribution in [0.5, 0.6) is 0 Å². The van der Waals surface area contributed by atoms with Crippen LogP contribution in [0.3, 0.4) is 0 Å². The van der Waals surface area contributed by atoms with Crippen molar-refractivity contribution in [1.29, 1.82) is 0 Å². The number of ether oxygens (including phenoxy) is 1. The molecule has 1 heterocycles. The van der Waals surface area contributed by atoms with Crippen LogP contribution in [0.4, 0.5) is 0 Å². The number of likely N-dealkylation sites (tertiary alicyclic amines) is 1. The van der Waals surface area contributed by atoms with Crippen LogP contribution in [-0.2, 0) is 11.3 Å². The summed E-state index contributed by atoms with van der Waals surface area (Å²) in [5.74, 6) is 0.586. The SMILES string of the molecule is COCc1ccccc1C1C(CN)CCCN1C1CC1. The monoisotopic (exact) mass is 274 g/mol. The summed E-state index contributed by atoms with van der Waals surface area (Å²) in [6, 6.07) is 10.0. The molecule has 2 aliphatic rings. The van der Waals surface area contributed by atoms with Gasteiger partial charge in [-0.05, 0) is 55.8 Å². The predicted octanol–water partition coefficient (Wildman–Crippen LogP) is 2.71. The fourth-order valence-corrected chi connectivity index (χ4v) is 3.71. The fourth-order valence-electron chi connectivity index (χ4n) is 3.71. The molecule has 1 saturated heterocycles. The molecule has 2 fully saturated rings. The molecule has 1 aliphatic carbocycles. The molecule has 0 radical (unpaired) electrons. The van der Waals surface area contributed by atoms with Gasteiger partial charge in [0.25, 0.3) is 0 Å². The van der Waals surface area contributed by atoms with Crippen LogP contribution < -0.4 is 5.73 Å². The van der Waals surface area contributed by atoms with Gasteiger partial charge in [0.1, 0.15) is 0 Å². The molecular weight excluding hydrogens is 248 g/mol. The van der Waals surface area contributed by atoms with Crippen molar-refractivity contribution in [1.82, 2.24) is 4.90 Å². The Bertz CT molecular complexity index is 444. The molecule has 2 N–H and O–H groups in total. The molecule has 20 heavy (non-hydrogen) atoms. The lowest BCUT2D eigenvalue weighted by molar-refractivity contribution is 0.0853. The molecule has 3 rings (SSSR count). The molecular formula is C17H26N2O. The molecule has 0 amide bonds. The highest BCUT2D eigenvalue weighted by molar-refractivity contribution is 5.31. The minimum atomic E-state index is 0.493. The molecule has 1 aromatic carbocycles. The van der Waals surface area contributed by atoms with E-state index < -0.39 is 0 Å². The summed E-state index contributed by atoms with van der Waals surface area (Å²) < 4.78 is 5.39. The fraction of sp³-hybridized carbons (Fsp3) is 0.647. The minimum absolute atomic E-state index is 0.493. The van der Waals surface area contributed by atoms with Gasteiger partial charge in [0.2, 0.25) is 0 Å². The van der Waals surface area contributed by atoms with E-state index in [0.29, 0.717) is 18.6 Å². The summed E-state index contributed by atoms with van der Waals surface area (Å²) in [6.45, 7) is 2.71. The summed E-state index contributed by atoms with van der Waals surface area (Å²) in [7, 11) is 1.77. The van der Waals surface area contributed by atoms with Crippen LogP contribution in [0.25, 0.3) is 0 Å². The zero-order chi connectivity index (χ0) is 13.9. The number of hydrogen-bond donors (Lipinski definition) is 1. The maximum Gasteiger partial charge on any atom is 0.0716 e. The Labute approximate surface area is 122 Å². The molecule has 110 valence electrons. The van der Waals surface area contributed by atoms with Crippen LogP contribution in [0.1, 0.15) is 42.9 Å². The Kier molecular flexibility index (Phi) is 4.39. The summed E-state index contributed by atoms with van der Waals surface area (Å²) >= 11 is 0. The van der Waals surface area contributed by atoms with Crippen molar-refractivity contribution in [2.24, 2.45) is 11.7 Å². The topological polar surface area (TPSA) is 38.5 Å². The highest BCUT2D eigenvalue weighted by Crippen LogP contribution is 2.43. The van der Waals surface area contributed by atoms with E-state index in [2.05, 4.69) is 29.2 Å². The van der Waals surface area contributed by atoms with E-state index in [0.717, 1.165) is 12.6 Å². The molecule has 3 heteroatoms. The summed E-state index contributed by atoms with van der Waals surface area (Å²) in [4.78, 5) is 2.72. The number of nitrogens with zero attached hydrogens (tertiary/aromatic N) is 1. The van der Waals surface area contributed by atoms with Crippen molar-refractivity contribution < 1.29 is 4.74 Å². The molecule has 3 nitrogen and oxygen atoms in total. The zero-order valence-corrected chi connectivity index (χ0v) is 12.4. The molecule has 1 aromatic rings. The van der Waals surface area contributed by atoms with Crippen LogP contribution in [0.15, 0.2) is 24.3 Å². The Morgan fingerprint density at radius 1 is 1.25 bits per heavy atom. The van der Waals surface area contributed by atoms with Gasteiger partial charge in [-0.3, -0.25) is 4.90 Å². The average Bonchev–Trinajstić information content (AvgIpc) is 3.32. The lowest BCUT2D eigenvalue weighted by atomic mass is 9.82. The van der Waals surface area contributed by atoms with Gasteiger partial charge in [0, 0.05) is 19.2 Å². The van der Waals surface area contributed by atoms with Gasteiger partial charge in [-0.15, -0.1) is 0 Å². The van der Waals surface area contributed by atoms with Gasteiger partial charge >= 0.3 is 0 Å². The highest BCUT2D eigenvalue weighted by atomic mass is 16.5. The number of nitrogens with two attached hydrogens (primary N) is 1. The molecule has 2 atom stereocenters. The smallest absolute Gasteiger partial charge is 0.0716 e. The first kappa shape index (κ1) is 14.1. The second-order valence-electron chi connectivity index (χ2n) is 6.18. The number of hydrogen-bond acceptors (Lipinski definition) is 3. The third kappa shape index (κ3) is 2.76. The van der Waals surface area contributed by atoms with E-state index in [1.807, 2.05) is 0 Å². The van der Waals surface area contributed by atoms with Crippen molar-refractivity contribution in [3.8, 4) is 0 Å². The maximum absolute atomic E-state index is 6.08. The van der Waals surface area contributed by atoms with E-state index in [-0.39, 0.29) is 0 Å². The number of benzene rings is 1. The van der Waals surface area contributed by atoms with Gasteiger partial charge in [-0.1, -0.05) is 24.3 Å². The quantitative estimate of drug-likeness (QED) is 0.897. The molecule has 0 spiro atoms. The second-order valence-corrected chi connectivity index (χ2v) is 6.18. The number of rotatable bonds is 5. The lowest BCUT2D eigenvalue weighted by Gasteiger charge is -2.42. The molecule has 1 saturated carbocycles. The summed E-state index contributed by atoms with van der Waals surface area (Å²) in [5, 5.41) is 0. The Balaban J connectivity index is 1.93.